The monoisotopic (exact) mass is 276 g/mol. The van der Waals surface area contributed by atoms with Gasteiger partial charge in [-0.05, 0) is 49.9 Å². The molecule has 3 rings (SSSR count). The predicted octanol–water partition coefficient (Wildman–Crippen LogP) is 3.19. The molecule has 1 heterocycles. The normalized spacial score (nSPS) is 23.7. The summed E-state index contributed by atoms with van der Waals surface area (Å²) in [6, 6.07) is 8.45. The van der Waals surface area contributed by atoms with E-state index in [4.69, 9.17) is 0 Å². The first-order chi connectivity index (χ1) is 9.24. The fourth-order valence-electron chi connectivity index (χ4n) is 2.71. The van der Waals surface area contributed by atoms with E-state index in [1.54, 1.807) is 0 Å². The molecule has 0 aromatic heterocycles. The van der Waals surface area contributed by atoms with Crippen molar-refractivity contribution < 1.29 is 0 Å². The Balaban J connectivity index is 1.70. The molecule has 104 valence electrons. The van der Waals surface area contributed by atoms with Crippen molar-refractivity contribution in [2.45, 2.75) is 45.3 Å². The number of nitrogens with one attached hydrogen (secondary N) is 1. The van der Waals surface area contributed by atoms with E-state index >= 15 is 0 Å². The number of anilines is 1. The third-order valence-electron chi connectivity index (χ3n) is 4.18. The quantitative estimate of drug-likeness (QED) is 0.909. The number of rotatable bonds is 4. The molecule has 0 spiro atoms. The SMILES string of the molecule is Cc1cc(N2CCSCC2C)ccc1CNC1CC1. The van der Waals surface area contributed by atoms with Crippen molar-refractivity contribution in [3.63, 3.8) is 0 Å². The van der Waals surface area contributed by atoms with E-state index in [0.29, 0.717) is 6.04 Å². The van der Waals surface area contributed by atoms with Crippen molar-refractivity contribution in [3.8, 4) is 0 Å². The van der Waals surface area contributed by atoms with Crippen LogP contribution in [0.2, 0.25) is 0 Å². The van der Waals surface area contributed by atoms with Crippen molar-refractivity contribution >= 4 is 17.4 Å². The molecule has 19 heavy (non-hydrogen) atoms. The molecule has 2 fully saturated rings. The molecular formula is C16H24N2S. The first kappa shape index (κ1) is 13.3. The maximum atomic E-state index is 3.60. The van der Waals surface area contributed by atoms with Crippen molar-refractivity contribution in [2.24, 2.45) is 0 Å². The van der Waals surface area contributed by atoms with E-state index in [1.165, 1.54) is 47.7 Å². The van der Waals surface area contributed by atoms with Gasteiger partial charge in [0.05, 0.1) is 0 Å². The molecule has 1 aliphatic heterocycles. The average Bonchev–Trinajstić information content (AvgIpc) is 3.22. The van der Waals surface area contributed by atoms with Crippen LogP contribution in [-0.2, 0) is 6.54 Å². The van der Waals surface area contributed by atoms with E-state index in [0.717, 1.165) is 12.6 Å². The Morgan fingerprint density at radius 1 is 1.37 bits per heavy atom. The fourth-order valence-corrected chi connectivity index (χ4v) is 3.72. The second kappa shape index (κ2) is 5.76. The minimum absolute atomic E-state index is 0.661. The number of nitrogens with zero attached hydrogens (tertiary/aromatic N) is 1. The van der Waals surface area contributed by atoms with Gasteiger partial charge in [0.1, 0.15) is 0 Å². The molecule has 0 bridgehead atoms. The molecule has 1 aromatic rings. The number of benzene rings is 1. The second-order valence-corrected chi connectivity index (χ2v) is 7.03. The van der Waals surface area contributed by atoms with Crippen LogP contribution in [0, 0.1) is 6.92 Å². The van der Waals surface area contributed by atoms with E-state index in [9.17, 15) is 0 Å². The zero-order valence-corrected chi connectivity index (χ0v) is 12.8. The maximum Gasteiger partial charge on any atom is 0.0372 e. The van der Waals surface area contributed by atoms with Gasteiger partial charge in [-0.3, -0.25) is 0 Å². The van der Waals surface area contributed by atoms with Crippen LogP contribution in [0.4, 0.5) is 5.69 Å². The molecule has 3 heteroatoms. The number of thioether (sulfide) groups is 1. The van der Waals surface area contributed by atoms with Gasteiger partial charge in [0, 0.05) is 42.4 Å². The van der Waals surface area contributed by atoms with E-state index in [1.807, 2.05) is 0 Å². The lowest BCUT2D eigenvalue weighted by Gasteiger charge is -2.35. The van der Waals surface area contributed by atoms with E-state index < -0.39 is 0 Å². The van der Waals surface area contributed by atoms with Crippen molar-refractivity contribution in [2.75, 3.05) is 23.0 Å². The lowest BCUT2D eigenvalue weighted by atomic mass is 10.1. The van der Waals surface area contributed by atoms with Crippen LogP contribution < -0.4 is 10.2 Å². The highest BCUT2D eigenvalue weighted by atomic mass is 32.2. The summed E-state index contributed by atoms with van der Waals surface area (Å²) in [5.41, 5.74) is 4.28. The zero-order valence-electron chi connectivity index (χ0n) is 12.0. The molecule has 1 saturated heterocycles. The smallest absolute Gasteiger partial charge is 0.0372 e. The molecule has 0 amide bonds. The standard InChI is InChI=1S/C16H24N2S/c1-12-9-16(18-7-8-19-11-13(18)2)6-3-14(12)10-17-15-4-5-15/h3,6,9,13,15,17H,4-5,7-8,10-11H2,1-2H3. The third kappa shape index (κ3) is 3.26. The van der Waals surface area contributed by atoms with E-state index in [2.05, 4.69) is 54.0 Å². The molecular weight excluding hydrogens is 252 g/mol. The highest BCUT2D eigenvalue weighted by Crippen LogP contribution is 2.26. The van der Waals surface area contributed by atoms with Gasteiger partial charge >= 0.3 is 0 Å². The summed E-state index contributed by atoms with van der Waals surface area (Å²) in [7, 11) is 0. The Morgan fingerprint density at radius 2 is 2.21 bits per heavy atom. The van der Waals surface area contributed by atoms with Crippen LogP contribution in [0.25, 0.3) is 0 Å². The summed E-state index contributed by atoms with van der Waals surface area (Å²) in [6.07, 6.45) is 2.72. The van der Waals surface area contributed by atoms with Gasteiger partial charge in [-0.1, -0.05) is 6.07 Å². The minimum atomic E-state index is 0.661. The van der Waals surface area contributed by atoms with Gasteiger partial charge in [0.15, 0.2) is 0 Å². The zero-order chi connectivity index (χ0) is 13.2. The minimum Gasteiger partial charge on any atom is -0.367 e. The van der Waals surface area contributed by atoms with Crippen molar-refractivity contribution in [1.29, 1.82) is 0 Å². The Labute approximate surface area is 121 Å². The van der Waals surface area contributed by atoms with Gasteiger partial charge in [-0.25, -0.2) is 0 Å². The molecule has 1 atom stereocenters. The first-order valence-corrected chi connectivity index (χ1v) is 8.57. The topological polar surface area (TPSA) is 15.3 Å². The first-order valence-electron chi connectivity index (χ1n) is 7.41. The molecule has 2 aliphatic rings. The highest BCUT2D eigenvalue weighted by Gasteiger charge is 2.21. The third-order valence-corrected chi connectivity index (χ3v) is 5.37. The fraction of sp³-hybridized carbons (Fsp3) is 0.625. The van der Waals surface area contributed by atoms with Crippen LogP contribution in [0.5, 0.6) is 0 Å². The van der Waals surface area contributed by atoms with Gasteiger partial charge < -0.3 is 10.2 Å². The largest absolute Gasteiger partial charge is 0.367 e. The second-order valence-electron chi connectivity index (χ2n) is 5.88. The number of aryl methyl sites for hydroxylation is 1. The predicted molar refractivity (Wildman–Crippen MR) is 85.2 cm³/mol. The molecule has 1 unspecified atom stereocenters. The Kier molecular flexibility index (Phi) is 4.04. The average molecular weight is 276 g/mol. The summed E-state index contributed by atoms with van der Waals surface area (Å²) >= 11 is 2.08. The molecule has 0 radical (unpaired) electrons. The van der Waals surface area contributed by atoms with Crippen LogP contribution in [-0.4, -0.2) is 30.1 Å². The molecule has 1 saturated carbocycles. The molecule has 1 N–H and O–H groups in total. The summed E-state index contributed by atoms with van der Waals surface area (Å²) in [4.78, 5) is 2.56. The van der Waals surface area contributed by atoms with E-state index in [-0.39, 0.29) is 0 Å². The van der Waals surface area contributed by atoms with Crippen molar-refractivity contribution in [3.05, 3.63) is 29.3 Å². The summed E-state index contributed by atoms with van der Waals surface area (Å²) in [6.45, 7) is 6.80. The van der Waals surface area contributed by atoms with Gasteiger partial charge in [0.2, 0.25) is 0 Å². The maximum absolute atomic E-state index is 3.60. The Bertz CT molecular complexity index is 442. The van der Waals surface area contributed by atoms with Crippen LogP contribution in [0.3, 0.4) is 0 Å². The summed E-state index contributed by atoms with van der Waals surface area (Å²) in [5.74, 6) is 2.51. The number of hydrogen-bond acceptors (Lipinski definition) is 3. The van der Waals surface area contributed by atoms with Crippen LogP contribution in [0.1, 0.15) is 30.9 Å². The summed E-state index contributed by atoms with van der Waals surface area (Å²) in [5, 5.41) is 3.60. The van der Waals surface area contributed by atoms with Gasteiger partial charge in [0.25, 0.3) is 0 Å². The molecule has 2 nitrogen and oxygen atoms in total. The Hall–Kier alpha value is -0.670. The lowest BCUT2D eigenvalue weighted by Crippen LogP contribution is -2.40. The van der Waals surface area contributed by atoms with Crippen molar-refractivity contribution in [1.82, 2.24) is 5.32 Å². The van der Waals surface area contributed by atoms with Gasteiger partial charge in [-0.2, -0.15) is 11.8 Å². The molecule has 1 aliphatic carbocycles. The van der Waals surface area contributed by atoms with Crippen LogP contribution in [0.15, 0.2) is 18.2 Å². The summed E-state index contributed by atoms with van der Waals surface area (Å²) < 4.78 is 0. The van der Waals surface area contributed by atoms with Gasteiger partial charge in [-0.15, -0.1) is 0 Å². The molecule has 1 aromatic carbocycles. The number of hydrogen-bond donors (Lipinski definition) is 1. The highest BCUT2D eigenvalue weighted by molar-refractivity contribution is 7.99. The van der Waals surface area contributed by atoms with Crippen LogP contribution >= 0.6 is 11.8 Å². The Morgan fingerprint density at radius 3 is 2.89 bits per heavy atom. The lowest BCUT2D eigenvalue weighted by molar-refractivity contribution is 0.682.